The molecule has 1 aliphatic carbocycles. The van der Waals surface area contributed by atoms with Crippen molar-refractivity contribution in [2.24, 2.45) is 11.1 Å². The van der Waals surface area contributed by atoms with Crippen LogP contribution in [-0.2, 0) is 0 Å². The van der Waals surface area contributed by atoms with Crippen LogP contribution in [-0.4, -0.2) is 30.6 Å². The Kier molecular flexibility index (Phi) is 2.54. The minimum Gasteiger partial charge on any atom is -0.411 e. The Labute approximate surface area is 79.4 Å². The second-order valence-electron chi connectivity index (χ2n) is 4.44. The minimum atomic E-state index is 0.576. The Morgan fingerprint density at radius 1 is 1.38 bits per heavy atom. The molecular weight excluding hydrogens is 164 g/mol. The van der Waals surface area contributed by atoms with E-state index in [2.05, 4.69) is 12.2 Å². The van der Waals surface area contributed by atoms with Crippen molar-refractivity contribution in [1.29, 1.82) is 0 Å². The van der Waals surface area contributed by atoms with Gasteiger partial charge in [-0.2, -0.15) is 0 Å². The first kappa shape index (κ1) is 9.00. The van der Waals surface area contributed by atoms with E-state index in [0.717, 1.165) is 24.7 Å². The zero-order chi connectivity index (χ0) is 9.26. The van der Waals surface area contributed by atoms with Gasteiger partial charge in [-0.05, 0) is 12.8 Å². The maximum absolute atomic E-state index is 8.89. The van der Waals surface area contributed by atoms with Crippen LogP contribution in [0.2, 0.25) is 0 Å². The number of nitrogens with one attached hydrogen (secondary N) is 1. The largest absolute Gasteiger partial charge is 0.411 e. The minimum absolute atomic E-state index is 0.576. The summed E-state index contributed by atoms with van der Waals surface area (Å²) in [6.07, 6.45) is 6.21. The van der Waals surface area contributed by atoms with Crippen molar-refractivity contribution in [2.75, 3.05) is 13.6 Å². The summed E-state index contributed by atoms with van der Waals surface area (Å²) in [7, 11) is 2.27. The normalized spacial score (nSPS) is 43.2. The monoisotopic (exact) mass is 183 g/mol. The lowest BCUT2D eigenvalue weighted by molar-refractivity contribution is -0.912. The van der Waals surface area contributed by atoms with E-state index in [9.17, 15) is 0 Å². The van der Waals surface area contributed by atoms with Crippen LogP contribution in [0.5, 0.6) is 0 Å². The van der Waals surface area contributed by atoms with Gasteiger partial charge < -0.3 is 10.1 Å². The molecule has 0 aromatic rings. The van der Waals surface area contributed by atoms with Gasteiger partial charge in [0.15, 0.2) is 0 Å². The summed E-state index contributed by atoms with van der Waals surface area (Å²) < 4.78 is 0. The van der Waals surface area contributed by atoms with Crippen LogP contribution in [0.25, 0.3) is 0 Å². The number of quaternary nitrogens is 1. The topological polar surface area (TPSA) is 37.0 Å². The number of piperidine rings is 1. The maximum Gasteiger partial charge on any atom is 0.0955 e. The molecule has 1 aliphatic heterocycles. The molecule has 2 rings (SSSR count). The highest BCUT2D eigenvalue weighted by Crippen LogP contribution is 2.26. The third kappa shape index (κ3) is 1.57. The summed E-state index contributed by atoms with van der Waals surface area (Å²) in [6, 6.07) is 0.730. The van der Waals surface area contributed by atoms with Gasteiger partial charge in [-0.25, -0.2) is 0 Å². The molecule has 0 radical (unpaired) electrons. The fourth-order valence-electron chi connectivity index (χ4n) is 2.94. The predicted octanol–water partition coefficient (Wildman–Crippen LogP) is 0.294. The molecular formula is C10H19N2O+. The van der Waals surface area contributed by atoms with Crippen molar-refractivity contribution >= 4 is 5.71 Å². The quantitative estimate of drug-likeness (QED) is 0.411. The van der Waals surface area contributed by atoms with E-state index in [1.54, 1.807) is 4.90 Å². The fourth-order valence-corrected chi connectivity index (χ4v) is 2.94. The molecule has 3 nitrogen and oxygen atoms in total. The molecule has 2 aliphatic rings. The molecule has 74 valence electrons. The zero-order valence-electron chi connectivity index (χ0n) is 8.29. The standard InChI is InChI=1S/C10H18N2O/c1-12-7-6-9(11-13)8-4-2-3-5-10(8)12/h8,10,13H,2-7H2,1H3/p+1/b11-9-/t8-,10-/m0/s1. The molecule has 0 aromatic heterocycles. The number of likely N-dealkylation sites (tertiary alicyclic amines) is 1. The van der Waals surface area contributed by atoms with Gasteiger partial charge in [-0.15, -0.1) is 0 Å². The molecule has 1 heterocycles. The Morgan fingerprint density at radius 2 is 2.15 bits per heavy atom. The van der Waals surface area contributed by atoms with Crippen molar-refractivity contribution in [3.05, 3.63) is 0 Å². The van der Waals surface area contributed by atoms with Gasteiger partial charge in [0, 0.05) is 12.8 Å². The van der Waals surface area contributed by atoms with Crippen LogP contribution in [0, 0.1) is 5.92 Å². The highest BCUT2D eigenvalue weighted by Gasteiger charge is 2.38. The molecule has 1 unspecified atom stereocenters. The average Bonchev–Trinajstić information content (AvgIpc) is 2.19. The second-order valence-corrected chi connectivity index (χ2v) is 4.44. The van der Waals surface area contributed by atoms with Gasteiger partial charge >= 0.3 is 0 Å². The van der Waals surface area contributed by atoms with Crippen LogP contribution in [0.3, 0.4) is 0 Å². The zero-order valence-corrected chi connectivity index (χ0v) is 8.29. The number of hydrogen-bond donors (Lipinski definition) is 2. The number of nitrogens with zero attached hydrogens (tertiary/aromatic N) is 1. The van der Waals surface area contributed by atoms with E-state index in [1.165, 1.54) is 25.7 Å². The summed E-state index contributed by atoms with van der Waals surface area (Å²) in [5.41, 5.74) is 1.07. The van der Waals surface area contributed by atoms with E-state index < -0.39 is 0 Å². The molecule has 0 spiro atoms. The van der Waals surface area contributed by atoms with Crippen molar-refractivity contribution in [2.45, 2.75) is 38.1 Å². The Bertz CT molecular complexity index is 215. The lowest BCUT2D eigenvalue weighted by Crippen LogP contribution is -3.15. The SMILES string of the molecule is C[NH+]1CC/C(=N/O)[C@@H]2CCCC[C@@H]21. The second kappa shape index (κ2) is 3.66. The Hall–Kier alpha value is -0.570. The van der Waals surface area contributed by atoms with Gasteiger partial charge in [0.25, 0.3) is 0 Å². The highest BCUT2D eigenvalue weighted by atomic mass is 16.4. The van der Waals surface area contributed by atoms with Crippen molar-refractivity contribution in [3.63, 3.8) is 0 Å². The Morgan fingerprint density at radius 3 is 2.92 bits per heavy atom. The summed E-state index contributed by atoms with van der Waals surface area (Å²) >= 11 is 0. The third-order valence-corrected chi connectivity index (χ3v) is 3.73. The molecule has 2 fully saturated rings. The van der Waals surface area contributed by atoms with Crippen LogP contribution in [0.4, 0.5) is 0 Å². The number of hydrogen-bond acceptors (Lipinski definition) is 2. The summed E-state index contributed by atoms with van der Waals surface area (Å²) in [5, 5.41) is 12.4. The lowest BCUT2D eigenvalue weighted by Gasteiger charge is -2.39. The van der Waals surface area contributed by atoms with E-state index in [0.29, 0.717) is 5.92 Å². The van der Waals surface area contributed by atoms with Crippen LogP contribution < -0.4 is 4.90 Å². The smallest absolute Gasteiger partial charge is 0.0955 e. The molecule has 1 saturated heterocycles. The maximum atomic E-state index is 8.89. The van der Waals surface area contributed by atoms with Crippen LogP contribution >= 0.6 is 0 Å². The number of rotatable bonds is 0. The molecule has 13 heavy (non-hydrogen) atoms. The first-order valence-electron chi connectivity index (χ1n) is 5.36. The first-order chi connectivity index (χ1) is 6.33. The summed E-state index contributed by atoms with van der Waals surface area (Å²) in [6.45, 7) is 1.14. The summed E-state index contributed by atoms with van der Waals surface area (Å²) in [4.78, 5) is 1.64. The van der Waals surface area contributed by atoms with Crippen molar-refractivity contribution in [1.82, 2.24) is 0 Å². The average molecular weight is 183 g/mol. The molecule has 1 saturated carbocycles. The van der Waals surface area contributed by atoms with Gasteiger partial charge in [0.2, 0.25) is 0 Å². The fraction of sp³-hybridized carbons (Fsp3) is 0.900. The van der Waals surface area contributed by atoms with Gasteiger partial charge in [0.1, 0.15) is 0 Å². The predicted molar refractivity (Wildman–Crippen MR) is 51.3 cm³/mol. The number of oxime groups is 1. The van der Waals surface area contributed by atoms with Crippen LogP contribution in [0.15, 0.2) is 5.16 Å². The molecule has 3 heteroatoms. The van der Waals surface area contributed by atoms with E-state index >= 15 is 0 Å². The lowest BCUT2D eigenvalue weighted by atomic mass is 9.77. The number of fused-ring (bicyclic) bond motifs is 1. The molecule has 3 atom stereocenters. The van der Waals surface area contributed by atoms with E-state index in [4.69, 9.17) is 5.21 Å². The summed E-state index contributed by atoms with van der Waals surface area (Å²) in [5.74, 6) is 0.576. The first-order valence-corrected chi connectivity index (χ1v) is 5.36. The van der Waals surface area contributed by atoms with Gasteiger partial charge in [0.05, 0.1) is 31.3 Å². The highest BCUT2D eigenvalue weighted by molar-refractivity contribution is 5.87. The van der Waals surface area contributed by atoms with E-state index in [1.807, 2.05) is 0 Å². The molecule has 0 aromatic carbocycles. The Balaban J connectivity index is 2.14. The van der Waals surface area contributed by atoms with Crippen molar-refractivity contribution < 1.29 is 10.1 Å². The van der Waals surface area contributed by atoms with E-state index in [-0.39, 0.29) is 0 Å². The third-order valence-electron chi connectivity index (χ3n) is 3.73. The van der Waals surface area contributed by atoms with Gasteiger partial charge in [-0.3, -0.25) is 0 Å². The van der Waals surface area contributed by atoms with Gasteiger partial charge in [-0.1, -0.05) is 11.6 Å². The molecule has 0 bridgehead atoms. The molecule has 0 amide bonds. The molecule has 2 N–H and O–H groups in total. The van der Waals surface area contributed by atoms with Crippen molar-refractivity contribution in [3.8, 4) is 0 Å². The van der Waals surface area contributed by atoms with Crippen LogP contribution in [0.1, 0.15) is 32.1 Å².